The summed E-state index contributed by atoms with van der Waals surface area (Å²) in [6.45, 7) is 4.18. The molecular weight excluding hydrogens is 242 g/mol. The lowest BCUT2D eigenvalue weighted by molar-refractivity contribution is 0.0524. The molecule has 0 saturated carbocycles. The fourth-order valence-electron chi connectivity index (χ4n) is 3.00. The second-order valence-electron chi connectivity index (χ2n) is 5.21. The van der Waals surface area contributed by atoms with Crippen LogP contribution in [0.15, 0.2) is 18.2 Å². The Labute approximate surface area is 113 Å². The fourth-order valence-corrected chi connectivity index (χ4v) is 3.00. The maximum absolute atomic E-state index is 12.0. The standard InChI is InChI=1S/C15H19NO3/c1-2-18-14(17)11-4-3-5-13-12(11)10-15(19-13)6-8-16-9-7-15/h3-5,16H,2,6-10H2,1H3. The van der Waals surface area contributed by atoms with Crippen molar-refractivity contribution in [1.29, 1.82) is 0 Å². The zero-order chi connectivity index (χ0) is 13.3. The van der Waals surface area contributed by atoms with Crippen LogP contribution in [0.4, 0.5) is 0 Å². The van der Waals surface area contributed by atoms with Crippen molar-refractivity contribution in [1.82, 2.24) is 5.32 Å². The number of ether oxygens (including phenoxy) is 2. The molecule has 1 spiro atoms. The number of carbonyl (C=O) groups excluding carboxylic acids is 1. The highest BCUT2D eigenvalue weighted by Crippen LogP contribution is 2.41. The molecule has 19 heavy (non-hydrogen) atoms. The first-order valence-corrected chi connectivity index (χ1v) is 6.93. The first-order valence-electron chi connectivity index (χ1n) is 6.93. The van der Waals surface area contributed by atoms with Gasteiger partial charge in [0.15, 0.2) is 0 Å². The molecule has 0 unspecified atom stereocenters. The molecule has 0 radical (unpaired) electrons. The van der Waals surface area contributed by atoms with Crippen LogP contribution in [0.1, 0.15) is 35.7 Å². The minimum absolute atomic E-state index is 0.115. The van der Waals surface area contributed by atoms with Crippen molar-refractivity contribution in [2.24, 2.45) is 0 Å². The van der Waals surface area contributed by atoms with E-state index >= 15 is 0 Å². The minimum Gasteiger partial charge on any atom is -0.487 e. The highest BCUT2D eigenvalue weighted by Gasteiger charge is 2.41. The summed E-state index contributed by atoms with van der Waals surface area (Å²) < 4.78 is 11.3. The van der Waals surface area contributed by atoms with Crippen LogP contribution in [-0.2, 0) is 11.2 Å². The van der Waals surface area contributed by atoms with Gasteiger partial charge in [0.2, 0.25) is 0 Å². The number of hydrogen-bond acceptors (Lipinski definition) is 4. The number of carbonyl (C=O) groups is 1. The van der Waals surface area contributed by atoms with Gasteiger partial charge in [0.25, 0.3) is 0 Å². The zero-order valence-electron chi connectivity index (χ0n) is 11.2. The molecule has 1 fully saturated rings. The van der Waals surface area contributed by atoms with E-state index in [1.807, 2.05) is 25.1 Å². The van der Waals surface area contributed by atoms with Crippen LogP contribution in [0.2, 0.25) is 0 Å². The molecule has 2 heterocycles. The molecule has 1 aromatic carbocycles. The predicted molar refractivity (Wildman–Crippen MR) is 71.6 cm³/mol. The summed E-state index contributed by atoms with van der Waals surface area (Å²) in [5.41, 5.74) is 1.56. The lowest BCUT2D eigenvalue weighted by atomic mass is 9.87. The average Bonchev–Trinajstić information content (AvgIpc) is 2.76. The quantitative estimate of drug-likeness (QED) is 0.826. The van der Waals surface area contributed by atoms with Gasteiger partial charge in [-0.15, -0.1) is 0 Å². The lowest BCUT2D eigenvalue weighted by Gasteiger charge is -2.33. The van der Waals surface area contributed by atoms with Gasteiger partial charge in [-0.25, -0.2) is 4.79 Å². The van der Waals surface area contributed by atoms with Gasteiger partial charge >= 0.3 is 5.97 Å². The van der Waals surface area contributed by atoms with Gasteiger partial charge < -0.3 is 14.8 Å². The van der Waals surface area contributed by atoms with Crippen LogP contribution in [0.3, 0.4) is 0 Å². The number of hydrogen-bond donors (Lipinski definition) is 1. The maximum Gasteiger partial charge on any atom is 0.338 e. The molecule has 0 bridgehead atoms. The Morgan fingerprint density at radius 2 is 2.21 bits per heavy atom. The third-order valence-corrected chi connectivity index (χ3v) is 3.97. The summed E-state index contributed by atoms with van der Waals surface area (Å²) in [6, 6.07) is 5.65. The average molecular weight is 261 g/mol. The molecule has 0 amide bonds. The Balaban J connectivity index is 1.90. The Kier molecular flexibility index (Phi) is 3.19. The molecule has 0 aromatic heterocycles. The van der Waals surface area contributed by atoms with Crippen molar-refractivity contribution < 1.29 is 14.3 Å². The largest absolute Gasteiger partial charge is 0.487 e. The maximum atomic E-state index is 12.0. The molecule has 2 aliphatic heterocycles. The minimum atomic E-state index is -0.242. The van der Waals surface area contributed by atoms with E-state index in [0.29, 0.717) is 12.2 Å². The Bertz CT molecular complexity index is 492. The summed E-state index contributed by atoms with van der Waals surface area (Å²) in [7, 11) is 0. The van der Waals surface area contributed by atoms with Crippen molar-refractivity contribution in [2.45, 2.75) is 31.8 Å². The second kappa shape index (κ2) is 4.85. The summed E-state index contributed by atoms with van der Waals surface area (Å²) in [5.74, 6) is 0.612. The monoisotopic (exact) mass is 261 g/mol. The summed E-state index contributed by atoms with van der Waals surface area (Å²) in [4.78, 5) is 12.0. The Morgan fingerprint density at radius 1 is 1.42 bits per heavy atom. The van der Waals surface area contributed by atoms with Gasteiger partial charge in [-0.3, -0.25) is 0 Å². The van der Waals surface area contributed by atoms with Gasteiger partial charge in [0.05, 0.1) is 12.2 Å². The van der Waals surface area contributed by atoms with Crippen LogP contribution in [-0.4, -0.2) is 31.3 Å². The summed E-state index contributed by atoms with van der Waals surface area (Å²) >= 11 is 0. The predicted octanol–water partition coefficient (Wildman–Crippen LogP) is 1.92. The number of piperidine rings is 1. The Hall–Kier alpha value is -1.55. The SMILES string of the molecule is CCOC(=O)c1cccc2c1CC1(CCNCC1)O2. The number of fused-ring (bicyclic) bond motifs is 1. The number of nitrogens with one attached hydrogen (secondary N) is 1. The van der Waals surface area contributed by atoms with Crippen LogP contribution in [0, 0.1) is 0 Å². The van der Waals surface area contributed by atoms with Gasteiger partial charge in [0.1, 0.15) is 11.4 Å². The molecule has 3 rings (SSSR count). The molecule has 1 aromatic rings. The zero-order valence-corrected chi connectivity index (χ0v) is 11.2. The first kappa shape index (κ1) is 12.5. The molecule has 0 atom stereocenters. The van der Waals surface area contributed by atoms with E-state index in [1.54, 1.807) is 0 Å². The molecule has 0 aliphatic carbocycles. The van der Waals surface area contributed by atoms with E-state index in [-0.39, 0.29) is 11.6 Å². The van der Waals surface area contributed by atoms with E-state index in [4.69, 9.17) is 9.47 Å². The summed E-state index contributed by atoms with van der Waals surface area (Å²) in [5, 5.41) is 3.35. The first-order chi connectivity index (χ1) is 9.24. The molecule has 1 N–H and O–H groups in total. The molecule has 4 heteroatoms. The smallest absolute Gasteiger partial charge is 0.338 e. The van der Waals surface area contributed by atoms with Crippen LogP contribution in [0.5, 0.6) is 5.75 Å². The van der Waals surface area contributed by atoms with Crippen molar-refractivity contribution in [3.8, 4) is 5.75 Å². The number of rotatable bonds is 2. The topological polar surface area (TPSA) is 47.6 Å². The molecule has 102 valence electrons. The van der Waals surface area contributed by atoms with E-state index < -0.39 is 0 Å². The highest BCUT2D eigenvalue weighted by atomic mass is 16.5. The summed E-state index contributed by atoms with van der Waals surface area (Å²) in [6.07, 6.45) is 2.80. The third-order valence-electron chi connectivity index (χ3n) is 3.97. The molecule has 1 saturated heterocycles. The normalized spacial score (nSPS) is 19.8. The van der Waals surface area contributed by atoms with Crippen LogP contribution >= 0.6 is 0 Å². The fraction of sp³-hybridized carbons (Fsp3) is 0.533. The van der Waals surface area contributed by atoms with E-state index in [9.17, 15) is 4.79 Å². The van der Waals surface area contributed by atoms with E-state index in [2.05, 4.69) is 5.32 Å². The van der Waals surface area contributed by atoms with Crippen molar-refractivity contribution >= 4 is 5.97 Å². The van der Waals surface area contributed by atoms with Crippen molar-refractivity contribution in [3.05, 3.63) is 29.3 Å². The molecular formula is C15H19NO3. The Morgan fingerprint density at radius 3 is 2.95 bits per heavy atom. The second-order valence-corrected chi connectivity index (χ2v) is 5.21. The highest BCUT2D eigenvalue weighted by molar-refractivity contribution is 5.92. The lowest BCUT2D eigenvalue weighted by Crippen LogP contribution is -2.45. The van der Waals surface area contributed by atoms with Crippen LogP contribution in [0.25, 0.3) is 0 Å². The molecule has 4 nitrogen and oxygen atoms in total. The van der Waals surface area contributed by atoms with Crippen molar-refractivity contribution in [3.63, 3.8) is 0 Å². The van der Waals surface area contributed by atoms with E-state index in [1.165, 1.54) is 0 Å². The van der Waals surface area contributed by atoms with Gasteiger partial charge in [0, 0.05) is 12.0 Å². The van der Waals surface area contributed by atoms with E-state index in [0.717, 1.165) is 43.7 Å². The van der Waals surface area contributed by atoms with Crippen LogP contribution < -0.4 is 10.1 Å². The molecule has 2 aliphatic rings. The third kappa shape index (κ3) is 2.21. The number of benzene rings is 1. The van der Waals surface area contributed by atoms with Crippen molar-refractivity contribution in [2.75, 3.05) is 19.7 Å². The van der Waals surface area contributed by atoms with Gasteiger partial charge in [-0.1, -0.05) is 6.07 Å². The van der Waals surface area contributed by atoms with Gasteiger partial charge in [-0.2, -0.15) is 0 Å². The van der Waals surface area contributed by atoms with Gasteiger partial charge in [-0.05, 0) is 45.0 Å². The number of esters is 1.